The first-order chi connectivity index (χ1) is 12.0. The van der Waals surface area contributed by atoms with Gasteiger partial charge in [-0.25, -0.2) is 0 Å². The number of morpholine rings is 1. The third-order valence-electron chi connectivity index (χ3n) is 4.59. The van der Waals surface area contributed by atoms with Crippen molar-refractivity contribution in [3.05, 3.63) is 53.3 Å². The van der Waals surface area contributed by atoms with Crippen molar-refractivity contribution in [1.82, 2.24) is 14.7 Å². The van der Waals surface area contributed by atoms with Crippen LogP contribution in [0.15, 0.2) is 36.4 Å². The molecule has 2 N–H and O–H groups in total. The van der Waals surface area contributed by atoms with Crippen LogP contribution in [0.5, 0.6) is 0 Å². The van der Waals surface area contributed by atoms with Gasteiger partial charge in [0.2, 0.25) is 5.91 Å². The topological polar surface area (TPSA) is 73.4 Å². The second kappa shape index (κ2) is 10.7. The van der Waals surface area contributed by atoms with Gasteiger partial charge in [-0.1, -0.05) is 30.3 Å². The van der Waals surface area contributed by atoms with Crippen molar-refractivity contribution in [3.8, 4) is 0 Å². The molecule has 8 heteroatoms. The van der Waals surface area contributed by atoms with Gasteiger partial charge in [-0.2, -0.15) is 5.10 Å². The van der Waals surface area contributed by atoms with Crippen LogP contribution in [0.1, 0.15) is 29.4 Å². The Morgan fingerprint density at radius 3 is 2.63 bits per heavy atom. The highest BCUT2D eigenvalue weighted by Crippen LogP contribution is 2.17. The average Bonchev–Trinajstić information content (AvgIpc) is 2.93. The van der Waals surface area contributed by atoms with Crippen molar-refractivity contribution < 1.29 is 9.53 Å². The van der Waals surface area contributed by atoms with Crippen molar-refractivity contribution in [2.75, 3.05) is 19.7 Å². The normalized spacial score (nSPS) is 17.6. The minimum atomic E-state index is -0.272. The van der Waals surface area contributed by atoms with Crippen molar-refractivity contribution in [2.24, 2.45) is 5.73 Å². The maximum atomic E-state index is 12.6. The van der Waals surface area contributed by atoms with Crippen molar-refractivity contribution in [1.29, 1.82) is 0 Å². The smallest absolute Gasteiger partial charge is 0.224 e. The van der Waals surface area contributed by atoms with E-state index in [4.69, 9.17) is 10.5 Å². The van der Waals surface area contributed by atoms with E-state index in [0.29, 0.717) is 32.7 Å². The minimum Gasteiger partial charge on any atom is -0.373 e. The first-order valence-electron chi connectivity index (χ1n) is 8.74. The first-order valence-corrected chi connectivity index (χ1v) is 8.74. The molecule has 0 aliphatic carbocycles. The number of carbonyl (C=O) groups excluding carboxylic acids is 1. The molecule has 6 nitrogen and oxygen atoms in total. The van der Waals surface area contributed by atoms with E-state index in [2.05, 4.69) is 5.10 Å². The summed E-state index contributed by atoms with van der Waals surface area (Å²) in [6.07, 6.45) is 0.278. The zero-order valence-corrected chi connectivity index (χ0v) is 17.3. The first kappa shape index (κ1) is 23.4. The average molecular weight is 415 g/mol. The summed E-state index contributed by atoms with van der Waals surface area (Å²) in [7, 11) is 0. The number of nitrogens with zero attached hydrogens (tertiary/aromatic N) is 3. The Balaban J connectivity index is 0.00000182. The van der Waals surface area contributed by atoms with Crippen LogP contribution >= 0.6 is 24.8 Å². The number of hydrogen-bond acceptors (Lipinski definition) is 4. The molecule has 1 amide bonds. The predicted octanol–water partition coefficient (Wildman–Crippen LogP) is 2.66. The molecule has 2 atom stereocenters. The summed E-state index contributed by atoms with van der Waals surface area (Å²) < 4.78 is 7.78. The molecule has 3 rings (SSSR count). The second-order valence-corrected chi connectivity index (χ2v) is 6.66. The lowest BCUT2D eigenvalue weighted by molar-refractivity contribution is -0.139. The lowest BCUT2D eigenvalue weighted by Gasteiger charge is -2.33. The summed E-state index contributed by atoms with van der Waals surface area (Å²) in [4.78, 5) is 14.5. The van der Waals surface area contributed by atoms with Gasteiger partial charge >= 0.3 is 0 Å². The molecule has 2 aromatic rings. The molecule has 1 fully saturated rings. The molecule has 27 heavy (non-hydrogen) atoms. The molecular formula is C19H28Cl2N4O2. The molecular weight excluding hydrogens is 387 g/mol. The van der Waals surface area contributed by atoms with Crippen LogP contribution in [0.4, 0.5) is 0 Å². The van der Waals surface area contributed by atoms with E-state index in [1.807, 2.05) is 59.8 Å². The van der Waals surface area contributed by atoms with Gasteiger partial charge in [-0.3, -0.25) is 9.48 Å². The molecule has 0 bridgehead atoms. The van der Waals surface area contributed by atoms with Crippen LogP contribution in [0.25, 0.3) is 0 Å². The Kier molecular flexibility index (Phi) is 9.26. The van der Waals surface area contributed by atoms with Gasteiger partial charge in [-0.15, -0.1) is 24.8 Å². The summed E-state index contributed by atoms with van der Waals surface area (Å²) in [5.74, 6) is 0.0815. The molecule has 1 aliphatic rings. The highest BCUT2D eigenvalue weighted by atomic mass is 35.5. The Labute approximate surface area is 172 Å². The molecule has 1 aromatic heterocycles. The van der Waals surface area contributed by atoms with E-state index in [1.54, 1.807) is 0 Å². The van der Waals surface area contributed by atoms with Crippen LogP contribution in [0.3, 0.4) is 0 Å². The number of aromatic nitrogens is 2. The number of benzene rings is 1. The Bertz CT molecular complexity index is 724. The second-order valence-electron chi connectivity index (χ2n) is 6.66. The molecule has 0 saturated carbocycles. The third kappa shape index (κ3) is 6.21. The largest absolute Gasteiger partial charge is 0.373 e. The van der Waals surface area contributed by atoms with E-state index >= 15 is 0 Å². The molecule has 1 saturated heterocycles. The maximum absolute atomic E-state index is 12.6. The Morgan fingerprint density at radius 2 is 2.00 bits per heavy atom. The zero-order chi connectivity index (χ0) is 17.8. The SMILES string of the molecule is Cc1cc(C)n(CC2CN(C(=O)CC(N)c3ccccc3)CCO2)n1.Cl.Cl. The summed E-state index contributed by atoms with van der Waals surface area (Å²) in [5, 5.41) is 4.48. The number of rotatable bonds is 5. The fourth-order valence-corrected chi connectivity index (χ4v) is 3.24. The fourth-order valence-electron chi connectivity index (χ4n) is 3.24. The number of aryl methyl sites for hydroxylation is 2. The molecule has 1 aliphatic heterocycles. The lowest BCUT2D eigenvalue weighted by Crippen LogP contribution is -2.47. The number of nitrogens with two attached hydrogens (primary N) is 1. The Morgan fingerprint density at radius 1 is 1.30 bits per heavy atom. The van der Waals surface area contributed by atoms with Gasteiger partial charge in [0, 0.05) is 31.2 Å². The van der Waals surface area contributed by atoms with Crippen molar-refractivity contribution in [2.45, 2.75) is 39.0 Å². The van der Waals surface area contributed by atoms with Crippen molar-refractivity contribution >= 4 is 30.7 Å². The van der Waals surface area contributed by atoms with E-state index < -0.39 is 0 Å². The van der Waals surface area contributed by atoms with Crippen LogP contribution < -0.4 is 5.73 Å². The molecule has 1 aromatic carbocycles. The quantitative estimate of drug-likeness (QED) is 0.815. The predicted molar refractivity (Wildman–Crippen MR) is 111 cm³/mol. The highest BCUT2D eigenvalue weighted by molar-refractivity contribution is 5.85. The maximum Gasteiger partial charge on any atom is 0.224 e. The molecule has 2 unspecified atom stereocenters. The van der Waals surface area contributed by atoms with Gasteiger partial charge in [0.05, 0.1) is 24.9 Å². The van der Waals surface area contributed by atoms with E-state index in [9.17, 15) is 4.79 Å². The molecule has 2 heterocycles. The van der Waals surface area contributed by atoms with Crippen LogP contribution in [-0.2, 0) is 16.1 Å². The highest BCUT2D eigenvalue weighted by Gasteiger charge is 2.26. The van der Waals surface area contributed by atoms with Gasteiger partial charge in [0.1, 0.15) is 0 Å². The summed E-state index contributed by atoms with van der Waals surface area (Å²) >= 11 is 0. The number of amides is 1. The summed E-state index contributed by atoms with van der Waals surface area (Å²) in [6, 6.07) is 11.5. The summed E-state index contributed by atoms with van der Waals surface area (Å²) in [5.41, 5.74) is 9.28. The number of hydrogen-bond donors (Lipinski definition) is 1. The standard InChI is InChI=1S/C19H26N4O2.2ClH/c1-14-10-15(2)23(21-14)13-17-12-22(8-9-25-17)19(24)11-18(20)16-6-4-3-5-7-16;;/h3-7,10,17-18H,8-9,11-13,20H2,1-2H3;2*1H. The van der Waals surface area contributed by atoms with E-state index in [-0.39, 0.29) is 42.9 Å². The van der Waals surface area contributed by atoms with Crippen LogP contribution in [0.2, 0.25) is 0 Å². The Hall–Kier alpha value is -1.60. The number of carbonyl (C=O) groups is 1. The number of ether oxygens (including phenoxy) is 1. The fraction of sp³-hybridized carbons (Fsp3) is 0.474. The minimum absolute atomic E-state index is 0. The number of halogens is 2. The summed E-state index contributed by atoms with van der Waals surface area (Å²) in [6.45, 7) is 6.42. The molecule has 0 spiro atoms. The van der Waals surface area contributed by atoms with Gasteiger partial charge in [-0.05, 0) is 25.5 Å². The van der Waals surface area contributed by atoms with E-state index in [0.717, 1.165) is 17.0 Å². The third-order valence-corrected chi connectivity index (χ3v) is 4.59. The molecule has 0 radical (unpaired) electrons. The van der Waals surface area contributed by atoms with Gasteiger partial charge in [0.25, 0.3) is 0 Å². The lowest BCUT2D eigenvalue weighted by atomic mass is 10.0. The monoisotopic (exact) mass is 414 g/mol. The van der Waals surface area contributed by atoms with Gasteiger partial charge < -0.3 is 15.4 Å². The van der Waals surface area contributed by atoms with Crippen molar-refractivity contribution in [3.63, 3.8) is 0 Å². The molecule has 150 valence electrons. The van der Waals surface area contributed by atoms with Crippen LogP contribution in [-0.4, -0.2) is 46.4 Å². The van der Waals surface area contributed by atoms with Crippen LogP contribution in [0, 0.1) is 13.8 Å². The zero-order valence-electron chi connectivity index (χ0n) is 15.7. The van der Waals surface area contributed by atoms with Gasteiger partial charge in [0.15, 0.2) is 0 Å². The van der Waals surface area contributed by atoms with E-state index in [1.165, 1.54) is 0 Å².